The third-order valence-corrected chi connectivity index (χ3v) is 3.10. The summed E-state index contributed by atoms with van der Waals surface area (Å²) in [6.45, 7) is 6.27. The Hall–Kier alpha value is -1.56. The minimum absolute atomic E-state index is 0.977. The van der Waals surface area contributed by atoms with E-state index in [2.05, 4.69) is 56.0 Å². The Kier molecular flexibility index (Phi) is 3.40. The van der Waals surface area contributed by atoms with Crippen LogP contribution in [-0.2, 0) is 6.42 Å². The van der Waals surface area contributed by atoms with Crippen LogP contribution in [-0.4, -0.2) is 0 Å². The van der Waals surface area contributed by atoms with E-state index >= 15 is 0 Å². The summed E-state index contributed by atoms with van der Waals surface area (Å²) in [5.41, 5.74) is 5.28. The Bertz CT molecular complexity index is 447. The predicted octanol–water partition coefficient (Wildman–Crippen LogP) is 4.54. The summed E-state index contributed by atoms with van der Waals surface area (Å²) >= 11 is 0. The SMILES string of the molecule is C=C1C/C=C/CCc2ccccc2/C=C/1C. The molecule has 1 aromatic carbocycles. The van der Waals surface area contributed by atoms with Gasteiger partial charge in [-0.3, -0.25) is 0 Å². The molecule has 0 fully saturated rings. The van der Waals surface area contributed by atoms with Crippen LogP contribution in [0.4, 0.5) is 0 Å². The first kappa shape index (κ1) is 10.9. The lowest BCUT2D eigenvalue weighted by Gasteiger charge is -2.09. The van der Waals surface area contributed by atoms with Gasteiger partial charge in [0.25, 0.3) is 0 Å². The molecular formula is C16H18. The number of allylic oxidation sites excluding steroid dienone is 4. The van der Waals surface area contributed by atoms with E-state index in [1.165, 1.54) is 22.3 Å². The van der Waals surface area contributed by atoms with E-state index in [0.29, 0.717) is 0 Å². The largest absolute Gasteiger partial charge is 0.0953 e. The molecule has 82 valence electrons. The van der Waals surface area contributed by atoms with Crippen molar-refractivity contribution in [1.29, 1.82) is 0 Å². The van der Waals surface area contributed by atoms with E-state index in [-0.39, 0.29) is 0 Å². The normalized spacial score (nSPS) is 21.8. The molecule has 0 unspecified atom stereocenters. The highest BCUT2D eigenvalue weighted by molar-refractivity contribution is 5.60. The summed E-state index contributed by atoms with van der Waals surface area (Å²) in [5.74, 6) is 0. The van der Waals surface area contributed by atoms with Gasteiger partial charge in [0.2, 0.25) is 0 Å². The lowest BCUT2D eigenvalue weighted by molar-refractivity contribution is 0.987. The molecule has 0 saturated carbocycles. The molecule has 16 heavy (non-hydrogen) atoms. The molecule has 0 aliphatic heterocycles. The summed E-state index contributed by atoms with van der Waals surface area (Å²) in [7, 11) is 0. The molecule has 0 N–H and O–H groups in total. The predicted molar refractivity (Wildman–Crippen MR) is 71.3 cm³/mol. The number of benzene rings is 1. The van der Waals surface area contributed by atoms with E-state index in [9.17, 15) is 0 Å². The second kappa shape index (κ2) is 4.98. The van der Waals surface area contributed by atoms with E-state index in [0.717, 1.165) is 19.3 Å². The van der Waals surface area contributed by atoms with Gasteiger partial charge in [-0.2, -0.15) is 0 Å². The van der Waals surface area contributed by atoms with Gasteiger partial charge in [0.1, 0.15) is 0 Å². The van der Waals surface area contributed by atoms with Gasteiger partial charge in [0, 0.05) is 0 Å². The van der Waals surface area contributed by atoms with Crippen molar-refractivity contribution < 1.29 is 0 Å². The first-order chi connectivity index (χ1) is 7.77. The maximum Gasteiger partial charge on any atom is -0.0101 e. The number of rotatable bonds is 0. The summed E-state index contributed by atoms with van der Waals surface area (Å²) in [6, 6.07) is 8.63. The van der Waals surface area contributed by atoms with Crippen LogP contribution in [0.15, 0.2) is 54.1 Å². The summed E-state index contributed by atoms with van der Waals surface area (Å²) in [5, 5.41) is 0. The van der Waals surface area contributed by atoms with Crippen molar-refractivity contribution in [3.8, 4) is 0 Å². The fraction of sp³-hybridized carbons (Fsp3) is 0.250. The maximum absolute atomic E-state index is 4.12. The highest BCUT2D eigenvalue weighted by atomic mass is 14.1. The number of aryl methyl sites for hydroxylation is 1. The Morgan fingerprint density at radius 1 is 1.12 bits per heavy atom. The van der Waals surface area contributed by atoms with Gasteiger partial charge < -0.3 is 0 Å². The van der Waals surface area contributed by atoms with Gasteiger partial charge in [-0.25, -0.2) is 0 Å². The molecule has 0 heterocycles. The Morgan fingerprint density at radius 2 is 1.94 bits per heavy atom. The number of fused-ring (bicyclic) bond motifs is 1. The second-order valence-corrected chi connectivity index (χ2v) is 4.34. The molecule has 0 nitrogen and oxygen atoms in total. The standard InChI is InChI=1S/C16H18/c1-13-8-4-3-5-9-15-10-6-7-11-16(15)12-14(13)2/h3-4,6-7,10-12H,1,5,8-9H2,2H3/b4-3+,14-12+. The Balaban J connectivity index is 2.43. The van der Waals surface area contributed by atoms with E-state index in [1.54, 1.807) is 0 Å². The molecule has 0 heteroatoms. The lowest BCUT2D eigenvalue weighted by atomic mass is 9.96. The van der Waals surface area contributed by atoms with Gasteiger partial charge >= 0.3 is 0 Å². The lowest BCUT2D eigenvalue weighted by Crippen LogP contribution is -1.92. The summed E-state index contributed by atoms with van der Waals surface area (Å²) in [4.78, 5) is 0. The van der Waals surface area contributed by atoms with Crippen molar-refractivity contribution in [2.24, 2.45) is 0 Å². The molecule has 0 aromatic heterocycles. The zero-order chi connectivity index (χ0) is 11.4. The monoisotopic (exact) mass is 210 g/mol. The molecule has 0 radical (unpaired) electrons. The van der Waals surface area contributed by atoms with Crippen molar-refractivity contribution in [3.63, 3.8) is 0 Å². The minimum atomic E-state index is 0.977. The summed E-state index contributed by atoms with van der Waals surface area (Å²) < 4.78 is 0. The van der Waals surface area contributed by atoms with Crippen molar-refractivity contribution in [2.75, 3.05) is 0 Å². The molecule has 0 bridgehead atoms. The zero-order valence-electron chi connectivity index (χ0n) is 9.87. The van der Waals surface area contributed by atoms with E-state index in [1.807, 2.05) is 0 Å². The fourth-order valence-electron chi connectivity index (χ4n) is 1.98. The van der Waals surface area contributed by atoms with Crippen LogP contribution in [0, 0.1) is 0 Å². The highest BCUT2D eigenvalue weighted by Gasteiger charge is 2.02. The van der Waals surface area contributed by atoms with E-state index in [4.69, 9.17) is 0 Å². The zero-order valence-corrected chi connectivity index (χ0v) is 9.87. The van der Waals surface area contributed by atoms with Crippen LogP contribution in [0.3, 0.4) is 0 Å². The van der Waals surface area contributed by atoms with Gasteiger partial charge in [-0.15, -0.1) is 0 Å². The third-order valence-electron chi connectivity index (χ3n) is 3.10. The molecule has 0 amide bonds. The van der Waals surface area contributed by atoms with E-state index < -0.39 is 0 Å². The van der Waals surface area contributed by atoms with Gasteiger partial charge in [0.15, 0.2) is 0 Å². The Morgan fingerprint density at radius 3 is 2.81 bits per heavy atom. The number of hydrogen-bond acceptors (Lipinski definition) is 0. The van der Waals surface area contributed by atoms with Crippen LogP contribution in [0.1, 0.15) is 30.9 Å². The topological polar surface area (TPSA) is 0 Å². The average Bonchev–Trinajstić information content (AvgIpc) is 2.30. The fourth-order valence-corrected chi connectivity index (χ4v) is 1.98. The third kappa shape index (κ3) is 2.52. The van der Waals surface area contributed by atoms with Gasteiger partial charge in [-0.1, -0.05) is 49.1 Å². The van der Waals surface area contributed by atoms with Crippen molar-refractivity contribution in [1.82, 2.24) is 0 Å². The molecule has 0 spiro atoms. The molecular weight excluding hydrogens is 192 g/mol. The second-order valence-electron chi connectivity index (χ2n) is 4.34. The van der Waals surface area contributed by atoms with Crippen molar-refractivity contribution in [2.45, 2.75) is 26.2 Å². The van der Waals surface area contributed by atoms with Crippen LogP contribution in [0.2, 0.25) is 0 Å². The van der Waals surface area contributed by atoms with Crippen LogP contribution < -0.4 is 0 Å². The molecule has 1 aliphatic carbocycles. The minimum Gasteiger partial charge on any atom is -0.0953 e. The highest BCUT2D eigenvalue weighted by Crippen LogP contribution is 2.21. The smallest absolute Gasteiger partial charge is 0.0101 e. The summed E-state index contributed by atoms with van der Waals surface area (Å²) in [6.07, 6.45) is 9.98. The molecule has 2 rings (SSSR count). The van der Waals surface area contributed by atoms with Crippen LogP contribution in [0.25, 0.3) is 6.08 Å². The maximum atomic E-state index is 4.12. The Labute approximate surface area is 98.0 Å². The number of hydrogen-bond donors (Lipinski definition) is 0. The van der Waals surface area contributed by atoms with Crippen molar-refractivity contribution in [3.05, 3.63) is 65.3 Å². The first-order valence-electron chi connectivity index (χ1n) is 5.87. The molecule has 1 aliphatic rings. The van der Waals surface area contributed by atoms with Crippen LogP contribution in [0.5, 0.6) is 0 Å². The molecule has 0 atom stereocenters. The van der Waals surface area contributed by atoms with Gasteiger partial charge in [0.05, 0.1) is 0 Å². The molecule has 0 saturated heterocycles. The average molecular weight is 210 g/mol. The quantitative estimate of drug-likeness (QED) is 0.551. The van der Waals surface area contributed by atoms with Gasteiger partial charge in [-0.05, 0) is 48.5 Å². The first-order valence-corrected chi connectivity index (χ1v) is 5.87. The molecule has 1 aromatic rings. The van der Waals surface area contributed by atoms with Crippen LogP contribution >= 0.6 is 0 Å². The van der Waals surface area contributed by atoms with Crippen molar-refractivity contribution >= 4 is 6.08 Å².